The molecule has 0 saturated carbocycles. The number of furan rings is 1. The maximum Gasteiger partial charge on any atom is 0.286 e. The molecule has 0 bridgehead atoms. The van der Waals surface area contributed by atoms with Crippen molar-refractivity contribution in [2.45, 2.75) is 19.3 Å². The highest BCUT2D eigenvalue weighted by Gasteiger charge is 2.18. The zero-order valence-corrected chi connectivity index (χ0v) is 14.8. The summed E-state index contributed by atoms with van der Waals surface area (Å²) >= 11 is 0. The second kappa shape index (κ2) is 7.50. The predicted octanol–water partition coefficient (Wildman–Crippen LogP) is 4.00. The van der Waals surface area contributed by atoms with Crippen molar-refractivity contribution in [1.29, 1.82) is 0 Å². The van der Waals surface area contributed by atoms with E-state index in [1.165, 1.54) is 28.5 Å². The van der Waals surface area contributed by atoms with Gasteiger partial charge in [0.15, 0.2) is 5.76 Å². The number of carbonyl (C=O) groups is 2. The van der Waals surface area contributed by atoms with Crippen LogP contribution in [0.25, 0.3) is 11.1 Å². The second-order valence-corrected chi connectivity index (χ2v) is 6.59. The zero-order valence-electron chi connectivity index (χ0n) is 14.8. The van der Waals surface area contributed by atoms with Crippen LogP contribution in [0.3, 0.4) is 0 Å². The Morgan fingerprint density at radius 1 is 0.963 bits per heavy atom. The highest BCUT2D eigenvalue weighted by molar-refractivity contribution is 5.92. The number of benzene rings is 2. The molecule has 5 heteroatoms. The molecular formula is C22H20N2O3. The molecule has 0 unspecified atom stereocenters. The highest BCUT2D eigenvalue weighted by atomic mass is 16.3. The molecule has 0 aliphatic heterocycles. The van der Waals surface area contributed by atoms with E-state index < -0.39 is 0 Å². The maximum absolute atomic E-state index is 12.2. The van der Waals surface area contributed by atoms with Crippen LogP contribution in [0.2, 0.25) is 0 Å². The maximum atomic E-state index is 12.2. The van der Waals surface area contributed by atoms with Crippen molar-refractivity contribution in [3.05, 3.63) is 77.7 Å². The van der Waals surface area contributed by atoms with E-state index in [0.717, 1.165) is 12.1 Å². The molecule has 3 aromatic rings. The molecule has 1 aliphatic rings. The van der Waals surface area contributed by atoms with Crippen molar-refractivity contribution >= 4 is 17.5 Å². The minimum absolute atomic E-state index is 0.0577. The predicted molar refractivity (Wildman–Crippen MR) is 104 cm³/mol. The van der Waals surface area contributed by atoms with E-state index in [9.17, 15) is 9.59 Å². The number of fused-ring (bicyclic) bond motifs is 3. The first kappa shape index (κ1) is 17.1. The van der Waals surface area contributed by atoms with Crippen LogP contribution in [-0.4, -0.2) is 18.4 Å². The molecule has 2 amide bonds. The molecule has 1 aromatic heterocycles. The van der Waals surface area contributed by atoms with Gasteiger partial charge in [-0.15, -0.1) is 0 Å². The van der Waals surface area contributed by atoms with Gasteiger partial charge in [-0.05, 0) is 59.4 Å². The van der Waals surface area contributed by atoms with Gasteiger partial charge in [0.05, 0.1) is 6.26 Å². The van der Waals surface area contributed by atoms with Gasteiger partial charge < -0.3 is 15.1 Å². The van der Waals surface area contributed by atoms with Gasteiger partial charge in [0.25, 0.3) is 5.91 Å². The topological polar surface area (TPSA) is 71.3 Å². The standard InChI is InChI=1S/C22H20N2O3/c25-21(8-3-11-23-22(26)20-7-4-12-27-20)24-17-9-10-19-16(14-17)13-15-5-1-2-6-18(15)19/h1-2,4-7,9-10,12,14H,3,8,11,13H2,(H,23,26)(H,24,25). The molecule has 5 nitrogen and oxygen atoms in total. The molecule has 2 N–H and O–H groups in total. The molecule has 27 heavy (non-hydrogen) atoms. The lowest BCUT2D eigenvalue weighted by molar-refractivity contribution is -0.116. The number of amides is 2. The monoisotopic (exact) mass is 360 g/mol. The summed E-state index contributed by atoms with van der Waals surface area (Å²) in [4.78, 5) is 23.9. The molecule has 0 radical (unpaired) electrons. The minimum Gasteiger partial charge on any atom is -0.459 e. The number of carbonyl (C=O) groups excluding carboxylic acids is 2. The van der Waals surface area contributed by atoms with Gasteiger partial charge in [-0.2, -0.15) is 0 Å². The molecule has 0 saturated heterocycles. The molecular weight excluding hydrogens is 340 g/mol. The van der Waals surface area contributed by atoms with Gasteiger partial charge in [-0.1, -0.05) is 30.3 Å². The van der Waals surface area contributed by atoms with Crippen LogP contribution in [0.15, 0.2) is 65.3 Å². The zero-order chi connectivity index (χ0) is 18.6. The summed E-state index contributed by atoms with van der Waals surface area (Å²) in [5.74, 6) is -0.0464. The van der Waals surface area contributed by atoms with E-state index in [-0.39, 0.29) is 17.6 Å². The molecule has 136 valence electrons. The van der Waals surface area contributed by atoms with Crippen molar-refractivity contribution in [2.75, 3.05) is 11.9 Å². The number of nitrogens with one attached hydrogen (secondary N) is 2. The van der Waals surface area contributed by atoms with Crippen molar-refractivity contribution in [1.82, 2.24) is 5.32 Å². The quantitative estimate of drug-likeness (QED) is 0.511. The summed E-state index contributed by atoms with van der Waals surface area (Å²) in [5.41, 5.74) is 5.89. The van der Waals surface area contributed by atoms with E-state index >= 15 is 0 Å². The Balaban J connectivity index is 1.27. The van der Waals surface area contributed by atoms with E-state index in [2.05, 4.69) is 34.9 Å². The summed E-state index contributed by atoms with van der Waals surface area (Å²) in [6, 6.07) is 17.7. The van der Waals surface area contributed by atoms with Gasteiger partial charge in [-0.25, -0.2) is 0 Å². The number of hydrogen-bond donors (Lipinski definition) is 2. The van der Waals surface area contributed by atoms with Crippen LogP contribution in [0.4, 0.5) is 5.69 Å². The van der Waals surface area contributed by atoms with Gasteiger partial charge >= 0.3 is 0 Å². The lowest BCUT2D eigenvalue weighted by atomic mass is 10.1. The summed E-state index contributed by atoms with van der Waals surface area (Å²) < 4.78 is 5.02. The van der Waals surface area contributed by atoms with Crippen LogP contribution >= 0.6 is 0 Å². The second-order valence-electron chi connectivity index (χ2n) is 6.59. The molecule has 0 fully saturated rings. The van der Waals surface area contributed by atoms with Crippen molar-refractivity contribution in [3.8, 4) is 11.1 Å². The van der Waals surface area contributed by atoms with Crippen LogP contribution in [0.5, 0.6) is 0 Å². The lowest BCUT2D eigenvalue weighted by Gasteiger charge is -2.08. The molecule has 4 rings (SSSR count). The molecule has 2 aromatic carbocycles. The van der Waals surface area contributed by atoms with Gasteiger partial charge in [0.1, 0.15) is 0 Å². The number of anilines is 1. The highest BCUT2D eigenvalue weighted by Crippen LogP contribution is 2.37. The Morgan fingerprint density at radius 2 is 1.81 bits per heavy atom. The number of hydrogen-bond acceptors (Lipinski definition) is 3. The fourth-order valence-corrected chi connectivity index (χ4v) is 3.39. The first-order chi connectivity index (χ1) is 13.2. The van der Waals surface area contributed by atoms with E-state index in [4.69, 9.17) is 4.42 Å². The summed E-state index contributed by atoms with van der Waals surface area (Å²) in [5, 5.41) is 5.68. The Morgan fingerprint density at radius 3 is 2.67 bits per heavy atom. The molecule has 0 atom stereocenters. The average Bonchev–Trinajstić information content (AvgIpc) is 3.32. The van der Waals surface area contributed by atoms with Crippen LogP contribution in [0, 0.1) is 0 Å². The number of rotatable bonds is 6. The SMILES string of the molecule is O=C(CCCNC(=O)c1ccco1)Nc1ccc2c(c1)Cc1ccccc1-2. The van der Waals surface area contributed by atoms with Crippen molar-refractivity contribution in [2.24, 2.45) is 0 Å². The van der Waals surface area contributed by atoms with Crippen molar-refractivity contribution < 1.29 is 14.0 Å². The third-order valence-electron chi connectivity index (χ3n) is 4.69. The van der Waals surface area contributed by atoms with Crippen LogP contribution in [0.1, 0.15) is 34.5 Å². The van der Waals surface area contributed by atoms with E-state index in [1.807, 2.05) is 18.2 Å². The third-order valence-corrected chi connectivity index (χ3v) is 4.69. The third kappa shape index (κ3) is 3.77. The van der Waals surface area contributed by atoms with Crippen LogP contribution in [-0.2, 0) is 11.2 Å². The summed E-state index contributed by atoms with van der Waals surface area (Å²) in [7, 11) is 0. The normalized spacial score (nSPS) is 11.6. The molecule has 1 aliphatic carbocycles. The first-order valence-corrected chi connectivity index (χ1v) is 9.03. The largest absolute Gasteiger partial charge is 0.459 e. The minimum atomic E-state index is -0.265. The summed E-state index contributed by atoms with van der Waals surface area (Å²) in [6.07, 6.45) is 3.26. The van der Waals surface area contributed by atoms with Gasteiger partial charge in [0, 0.05) is 18.7 Å². The average molecular weight is 360 g/mol. The van der Waals surface area contributed by atoms with E-state index in [1.54, 1.807) is 12.1 Å². The smallest absolute Gasteiger partial charge is 0.286 e. The summed E-state index contributed by atoms with van der Waals surface area (Å²) in [6.45, 7) is 0.423. The van der Waals surface area contributed by atoms with Crippen LogP contribution < -0.4 is 10.6 Å². The fourth-order valence-electron chi connectivity index (χ4n) is 3.39. The molecule has 1 heterocycles. The van der Waals surface area contributed by atoms with E-state index in [0.29, 0.717) is 19.4 Å². The lowest BCUT2D eigenvalue weighted by Crippen LogP contribution is -2.25. The fraction of sp³-hybridized carbons (Fsp3) is 0.182. The Kier molecular flexibility index (Phi) is 4.75. The van der Waals surface area contributed by atoms with Gasteiger partial charge in [0.2, 0.25) is 5.91 Å². The Hall–Kier alpha value is -3.34. The first-order valence-electron chi connectivity index (χ1n) is 9.03. The molecule has 0 spiro atoms. The van der Waals surface area contributed by atoms with Gasteiger partial charge in [-0.3, -0.25) is 9.59 Å². The van der Waals surface area contributed by atoms with Crippen molar-refractivity contribution in [3.63, 3.8) is 0 Å². The Bertz CT molecular complexity index is 977. The Labute approximate surface area is 157 Å².